The zero-order valence-corrected chi connectivity index (χ0v) is 12.8. The molecule has 0 saturated heterocycles. The average molecular weight is 314 g/mol. The number of benzene rings is 1. The molecule has 0 unspecified atom stereocenters. The zero-order valence-electron chi connectivity index (χ0n) is 11.3. The lowest BCUT2D eigenvalue weighted by molar-refractivity contribution is -0.115. The average Bonchev–Trinajstić information content (AvgIpc) is 2.35. The van der Waals surface area contributed by atoms with Gasteiger partial charge in [0, 0.05) is 28.2 Å². The minimum absolute atomic E-state index is 0.0291. The molecule has 1 amide bonds. The van der Waals surface area contributed by atoms with Gasteiger partial charge in [-0.15, -0.1) is 0 Å². The molecule has 108 valence electrons. The number of guanidine groups is 1. The molecule has 0 fully saturated rings. The fraction of sp³-hybridized carbons (Fsp3) is 0.286. The quantitative estimate of drug-likeness (QED) is 0.453. The van der Waals surface area contributed by atoms with Crippen LogP contribution in [0.25, 0.3) is 6.08 Å². The van der Waals surface area contributed by atoms with Crippen LogP contribution in [0, 0.1) is 11.3 Å². The van der Waals surface area contributed by atoms with Gasteiger partial charge in [0.15, 0.2) is 5.96 Å². The molecule has 1 aromatic rings. The van der Waals surface area contributed by atoms with Crippen molar-refractivity contribution in [1.82, 2.24) is 10.6 Å². The van der Waals surface area contributed by atoms with Crippen molar-refractivity contribution in [3.63, 3.8) is 0 Å². The molecule has 1 rings (SSSR count). The van der Waals surface area contributed by atoms with E-state index in [0.29, 0.717) is 28.1 Å². The number of carbonyl (C=O) groups is 1. The van der Waals surface area contributed by atoms with Gasteiger partial charge in [-0.25, -0.2) is 0 Å². The number of amides is 1. The number of carbonyl (C=O) groups excluding carboxylic acids is 1. The number of hydrogen-bond donors (Lipinski definition) is 3. The number of halogens is 2. The van der Waals surface area contributed by atoms with E-state index in [1.807, 2.05) is 13.8 Å². The Morgan fingerprint density at radius 2 is 1.95 bits per heavy atom. The van der Waals surface area contributed by atoms with Crippen LogP contribution in [0.2, 0.25) is 10.0 Å². The molecule has 4 nitrogen and oxygen atoms in total. The molecule has 0 aliphatic carbocycles. The topological polar surface area (TPSA) is 65.0 Å². The van der Waals surface area contributed by atoms with E-state index in [0.717, 1.165) is 0 Å². The van der Waals surface area contributed by atoms with Crippen LogP contribution in [0.4, 0.5) is 0 Å². The maximum absolute atomic E-state index is 11.6. The van der Waals surface area contributed by atoms with Crippen molar-refractivity contribution in [2.75, 3.05) is 6.54 Å². The second-order valence-corrected chi connectivity index (χ2v) is 5.42. The van der Waals surface area contributed by atoms with Gasteiger partial charge >= 0.3 is 0 Å². The Hall–Kier alpha value is -1.52. The van der Waals surface area contributed by atoms with Crippen LogP contribution in [0.1, 0.15) is 19.4 Å². The molecule has 3 N–H and O–H groups in total. The normalized spacial score (nSPS) is 10.8. The Kier molecular flexibility index (Phi) is 6.55. The summed E-state index contributed by atoms with van der Waals surface area (Å²) in [4.78, 5) is 11.6. The van der Waals surface area contributed by atoms with E-state index < -0.39 is 5.91 Å². The lowest BCUT2D eigenvalue weighted by Crippen LogP contribution is -2.40. The second-order valence-electron chi connectivity index (χ2n) is 4.61. The molecule has 6 heteroatoms. The first-order valence-corrected chi connectivity index (χ1v) is 6.91. The van der Waals surface area contributed by atoms with Gasteiger partial charge in [0.25, 0.3) is 5.91 Å². The van der Waals surface area contributed by atoms with E-state index in [2.05, 4.69) is 10.6 Å². The molecule has 0 bridgehead atoms. The summed E-state index contributed by atoms with van der Waals surface area (Å²) in [6.07, 6.45) is 2.81. The first-order valence-electron chi connectivity index (χ1n) is 6.15. The van der Waals surface area contributed by atoms with Crippen molar-refractivity contribution in [1.29, 1.82) is 5.41 Å². The van der Waals surface area contributed by atoms with Crippen LogP contribution in [-0.2, 0) is 4.79 Å². The summed E-state index contributed by atoms with van der Waals surface area (Å²) < 4.78 is 0. The third-order valence-corrected chi connectivity index (χ3v) is 3.00. The highest BCUT2D eigenvalue weighted by molar-refractivity contribution is 6.37. The molecular formula is C14H17Cl2N3O. The predicted octanol–water partition coefficient (Wildman–Crippen LogP) is 3.30. The summed E-state index contributed by atoms with van der Waals surface area (Å²) in [5.41, 5.74) is 0.577. The van der Waals surface area contributed by atoms with Crippen LogP contribution < -0.4 is 10.6 Å². The summed E-state index contributed by atoms with van der Waals surface area (Å²) >= 11 is 12.0. The maximum atomic E-state index is 11.6. The van der Waals surface area contributed by atoms with Crippen molar-refractivity contribution >= 4 is 41.1 Å². The third-order valence-electron chi connectivity index (χ3n) is 2.34. The highest BCUT2D eigenvalue weighted by Gasteiger charge is 2.04. The van der Waals surface area contributed by atoms with Crippen molar-refractivity contribution in [2.24, 2.45) is 5.92 Å². The SMILES string of the molecule is CC(C)CNC(=N)NC(=O)/C=C/c1c(Cl)cccc1Cl. The maximum Gasteiger partial charge on any atom is 0.250 e. The minimum Gasteiger partial charge on any atom is -0.356 e. The molecule has 0 atom stereocenters. The molecular weight excluding hydrogens is 297 g/mol. The highest BCUT2D eigenvalue weighted by Crippen LogP contribution is 2.25. The van der Waals surface area contributed by atoms with Crippen molar-refractivity contribution in [3.8, 4) is 0 Å². The Bertz CT molecular complexity index is 507. The lowest BCUT2D eigenvalue weighted by atomic mass is 10.2. The molecule has 1 aromatic carbocycles. The Balaban J connectivity index is 2.58. The smallest absolute Gasteiger partial charge is 0.250 e. The van der Waals surface area contributed by atoms with Gasteiger partial charge < -0.3 is 5.32 Å². The van der Waals surface area contributed by atoms with Gasteiger partial charge in [0.05, 0.1) is 0 Å². The van der Waals surface area contributed by atoms with Crippen molar-refractivity contribution in [2.45, 2.75) is 13.8 Å². The predicted molar refractivity (Wildman–Crippen MR) is 84.2 cm³/mol. The molecule has 0 aliphatic heterocycles. The molecule has 0 aromatic heterocycles. The largest absolute Gasteiger partial charge is 0.356 e. The van der Waals surface area contributed by atoms with Crippen LogP contribution >= 0.6 is 23.2 Å². The molecule has 0 radical (unpaired) electrons. The van der Waals surface area contributed by atoms with Gasteiger partial charge in [-0.3, -0.25) is 15.5 Å². The Morgan fingerprint density at radius 1 is 1.35 bits per heavy atom. The first-order chi connectivity index (χ1) is 9.40. The summed E-state index contributed by atoms with van der Waals surface area (Å²) in [7, 11) is 0. The van der Waals surface area contributed by atoms with Crippen LogP contribution in [0.15, 0.2) is 24.3 Å². The van der Waals surface area contributed by atoms with E-state index in [-0.39, 0.29) is 5.96 Å². The fourth-order valence-corrected chi connectivity index (χ4v) is 1.87. The monoisotopic (exact) mass is 313 g/mol. The van der Waals surface area contributed by atoms with E-state index in [1.165, 1.54) is 12.2 Å². The molecule has 0 saturated carbocycles. The van der Waals surface area contributed by atoms with E-state index in [1.54, 1.807) is 18.2 Å². The number of hydrogen-bond acceptors (Lipinski definition) is 2. The molecule has 0 heterocycles. The van der Waals surface area contributed by atoms with Gasteiger partial charge in [-0.2, -0.15) is 0 Å². The molecule has 20 heavy (non-hydrogen) atoms. The van der Waals surface area contributed by atoms with E-state index in [4.69, 9.17) is 28.6 Å². The third kappa shape index (κ3) is 5.63. The summed E-state index contributed by atoms with van der Waals surface area (Å²) in [6.45, 7) is 4.65. The fourth-order valence-electron chi connectivity index (χ4n) is 1.34. The first kappa shape index (κ1) is 16.5. The summed E-state index contributed by atoms with van der Waals surface area (Å²) in [6, 6.07) is 5.11. The van der Waals surface area contributed by atoms with Crippen LogP contribution in [-0.4, -0.2) is 18.4 Å². The zero-order chi connectivity index (χ0) is 15.1. The van der Waals surface area contributed by atoms with E-state index >= 15 is 0 Å². The Morgan fingerprint density at radius 3 is 2.50 bits per heavy atom. The molecule has 0 spiro atoms. The van der Waals surface area contributed by atoms with Crippen molar-refractivity contribution < 1.29 is 4.79 Å². The second kappa shape index (κ2) is 7.92. The van der Waals surface area contributed by atoms with E-state index in [9.17, 15) is 4.79 Å². The summed E-state index contributed by atoms with van der Waals surface area (Å²) in [5, 5.41) is 13.7. The summed E-state index contributed by atoms with van der Waals surface area (Å²) in [5.74, 6) is -0.0504. The van der Waals surface area contributed by atoms with Gasteiger partial charge in [0.2, 0.25) is 0 Å². The number of nitrogens with one attached hydrogen (secondary N) is 3. The molecule has 0 aliphatic rings. The van der Waals surface area contributed by atoms with Gasteiger partial charge in [0.1, 0.15) is 0 Å². The minimum atomic E-state index is -0.415. The van der Waals surface area contributed by atoms with Crippen LogP contribution in [0.3, 0.4) is 0 Å². The highest BCUT2D eigenvalue weighted by atomic mass is 35.5. The van der Waals surface area contributed by atoms with Crippen LogP contribution in [0.5, 0.6) is 0 Å². The van der Waals surface area contributed by atoms with Crippen molar-refractivity contribution in [3.05, 3.63) is 39.9 Å². The van der Waals surface area contributed by atoms with Gasteiger partial charge in [-0.1, -0.05) is 43.1 Å². The number of rotatable bonds is 4. The Labute approximate surface area is 128 Å². The van der Waals surface area contributed by atoms with Gasteiger partial charge in [-0.05, 0) is 24.1 Å². The standard InChI is InChI=1S/C14H17Cl2N3O/c1-9(2)8-18-14(17)19-13(20)7-6-10-11(15)4-3-5-12(10)16/h3-7,9H,8H2,1-2H3,(H3,17,18,19,20)/b7-6+. The lowest BCUT2D eigenvalue weighted by Gasteiger charge is -2.09.